The van der Waals surface area contributed by atoms with Crippen molar-refractivity contribution in [3.63, 3.8) is 0 Å². The van der Waals surface area contributed by atoms with Gasteiger partial charge in [0.15, 0.2) is 0 Å². The summed E-state index contributed by atoms with van der Waals surface area (Å²) in [4.78, 5) is 12.4. The van der Waals surface area contributed by atoms with Gasteiger partial charge in [-0.1, -0.05) is 18.2 Å². The zero-order valence-electron chi connectivity index (χ0n) is 10.7. The first-order valence-electron chi connectivity index (χ1n) is 6.79. The van der Waals surface area contributed by atoms with E-state index in [0.29, 0.717) is 11.8 Å². The maximum atomic E-state index is 12.4. The van der Waals surface area contributed by atoms with Crippen LogP contribution in [0.1, 0.15) is 24.8 Å². The zero-order valence-corrected chi connectivity index (χ0v) is 10.7. The number of rotatable bonds is 2. The lowest BCUT2D eigenvalue weighted by molar-refractivity contribution is -0.121. The number of amides is 1. The third-order valence-corrected chi connectivity index (χ3v) is 4.69. The summed E-state index contributed by atoms with van der Waals surface area (Å²) in [6, 6.07) is 7.95. The summed E-state index contributed by atoms with van der Waals surface area (Å²) < 4.78 is 0. The van der Waals surface area contributed by atoms with E-state index in [1.165, 1.54) is 12.8 Å². The Labute approximate surface area is 108 Å². The lowest BCUT2D eigenvalue weighted by Crippen LogP contribution is -2.42. The summed E-state index contributed by atoms with van der Waals surface area (Å²) in [6.07, 6.45) is 3.53. The Bertz CT molecular complexity index is 469. The quantitative estimate of drug-likeness (QED) is 0.838. The van der Waals surface area contributed by atoms with Crippen molar-refractivity contribution in [2.75, 3.05) is 5.32 Å². The molecule has 0 saturated heterocycles. The van der Waals surface area contributed by atoms with E-state index < -0.39 is 0 Å². The van der Waals surface area contributed by atoms with Crippen LogP contribution in [0.4, 0.5) is 5.69 Å². The van der Waals surface area contributed by atoms with Crippen LogP contribution in [-0.4, -0.2) is 11.9 Å². The molecule has 4 unspecified atom stereocenters. The van der Waals surface area contributed by atoms with Crippen molar-refractivity contribution in [1.29, 1.82) is 0 Å². The van der Waals surface area contributed by atoms with E-state index >= 15 is 0 Å². The number of nitrogens with one attached hydrogen (secondary N) is 1. The van der Waals surface area contributed by atoms with Crippen LogP contribution in [0.15, 0.2) is 24.3 Å². The number of fused-ring (bicyclic) bond motifs is 2. The minimum absolute atomic E-state index is 0.0170. The van der Waals surface area contributed by atoms with Gasteiger partial charge >= 0.3 is 0 Å². The summed E-state index contributed by atoms with van der Waals surface area (Å²) in [5.74, 6) is 1.21. The Morgan fingerprint density at radius 1 is 1.28 bits per heavy atom. The largest absolute Gasteiger partial charge is 0.327 e. The highest BCUT2D eigenvalue weighted by Crippen LogP contribution is 2.47. The molecule has 2 bridgehead atoms. The van der Waals surface area contributed by atoms with Crippen LogP contribution in [0.2, 0.25) is 0 Å². The molecule has 0 spiro atoms. The first-order valence-corrected chi connectivity index (χ1v) is 6.79. The molecule has 1 aromatic carbocycles. The van der Waals surface area contributed by atoms with Crippen molar-refractivity contribution in [1.82, 2.24) is 0 Å². The van der Waals surface area contributed by atoms with Gasteiger partial charge in [0, 0.05) is 11.7 Å². The van der Waals surface area contributed by atoms with E-state index in [1.807, 2.05) is 31.2 Å². The van der Waals surface area contributed by atoms with Gasteiger partial charge in [0.25, 0.3) is 0 Å². The van der Waals surface area contributed by atoms with Crippen LogP contribution in [0.5, 0.6) is 0 Å². The van der Waals surface area contributed by atoms with E-state index in [1.54, 1.807) is 0 Å². The topological polar surface area (TPSA) is 55.1 Å². The van der Waals surface area contributed by atoms with Gasteiger partial charge in [-0.15, -0.1) is 0 Å². The molecule has 2 aliphatic rings. The number of anilines is 1. The zero-order chi connectivity index (χ0) is 12.7. The van der Waals surface area contributed by atoms with Crippen molar-refractivity contribution in [2.24, 2.45) is 23.5 Å². The van der Waals surface area contributed by atoms with E-state index in [4.69, 9.17) is 5.73 Å². The average molecular weight is 244 g/mol. The molecular weight excluding hydrogens is 224 g/mol. The normalized spacial score (nSPS) is 33.7. The van der Waals surface area contributed by atoms with Crippen molar-refractivity contribution in [3.05, 3.63) is 29.8 Å². The van der Waals surface area contributed by atoms with Gasteiger partial charge in [0.05, 0.1) is 5.92 Å². The Hall–Kier alpha value is -1.35. The van der Waals surface area contributed by atoms with Crippen molar-refractivity contribution in [3.8, 4) is 0 Å². The highest BCUT2D eigenvalue weighted by Gasteiger charge is 2.49. The molecule has 2 fully saturated rings. The van der Waals surface area contributed by atoms with E-state index in [0.717, 1.165) is 17.7 Å². The average Bonchev–Trinajstić information content (AvgIpc) is 2.92. The highest BCUT2D eigenvalue weighted by molar-refractivity contribution is 5.94. The van der Waals surface area contributed by atoms with E-state index in [9.17, 15) is 4.79 Å². The molecule has 0 heterocycles. The molecule has 1 aromatic rings. The summed E-state index contributed by atoms with van der Waals surface area (Å²) in [6.45, 7) is 2.01. The summed E-state index contributed by atoms with van der Waals surface area (Å²) >= 11 is 0. The number of benzene rings is 1. The van der Waals surface area contributed by atoms with Gasteiger partial charge in [0.1, 0.15) is 0 Å². The molecule has 3 N–H and O–H groups in total. The summed E-state index contributed by atoms with van der Waals surface area (Å²) in [5.41, 5.74) is 8.21. The molecule has 3 heteroatoms. The standard InChI is InChI=1S/C15H20N2O/c1-9-4-2-3-5-12(9)17-15(18)13-10-6-7-11(8-10)14(13)16/h2-5,10-11,13-14H,6-8,16H2,1H3,(H,17,18). The minimum Gasteiger partial charge on any atom is -0.327 e. The molecular formula is C15H20N2O. The second-order valence-corrected chi connectivity index (χ2v) is 5.74. The van der Waals surface area contributed by atoms with Gasteiger partial charge in [-0.2, -0.15) is 0 Å². The minimum atomic E-state index is 0.0170. The Kier molecular flexibility index (Phi) is 2.86. The first kappa shape index (κ1) is 11.7. The Morgan fingerprint density at radius 2 is 2.00 bits per heavy atom. The molecule has 2 aliphatic carbocycles. The maximum absolute atomic E-state index is 12.4. The van der Waals surface area contributed by atoms with Gasteiger partial charge in [-0.25, -0.2) is 0 Å². The van der Waals surface area contributed by atoms with Crippen LogP contribution < -0.4 is 11.1 Å². The van der Waals surface area contributed by atoms with Gasteiger partial charge in [-0.3, -0.25) is 4.79 Å². The van der Waals surface area contributed by atoms with Gasteiger partial charge in [0.2, 0.25) is 5.91 Å². The number of nitrogens with two attached hydrogens (primary N) is 1. The fourth-order valence-electron chi connectivity index (χ4n) is 3.65. The third kappa shape index (κ3) is 1.83. The Balaban J connectivity index is 1.74. The molecule has 2 saturated carbocycles. The first-order chi connectivity index (χ1) is 8.66. The number of para-hydroxylation sites is 1. The molecule has 3 rings (SSSR count). The number of carbonyl (C=O) groups is 1. The highest BCUT2D eigenvalue weighted by atomic mass is 16.2. The lowest BCUT2D eigenvalue weighted by atomic mass is 9.84. The fourth-order valence-corrected chi connectivity index (χ4v) is 3.65. The van der Waals surface area contributed by atoms with Crippen LogP contribution >= 0.6 is 0 Å². The number of hydrogen-bond acceptors (Lipinski definition) is 2. The number of aryl methyl sites for hydroxylation is 1. The second-order valence-electron chi connectivity index (χ2n) is 5.74. The van der Waals surface area contributed by atoms with Crippen molar-refractivity contribution < 1.29 is 4.79 Å². The molecule has 1 amide bonds. The van der Waals surface area contributed by atoms with Crippen LogP contribution in [-0.2, 0) is 4.79 Å². The smallest absolute Gasteiger partial charge is 0.229 e. The Morgan fingerprint density at radius 3 is 2.67 bits per heavy atom. The predicted octanol–water partition coefficient (Wildman–Crippen LogP) is 2.31. The van der Waals surface area contributed by atoms with Crippen LogP contribution in [0, 0.1) is 24.7 Å². The van der Waals surface area contributed by atoms with Gasteiger partial charge < -0.3 is 11.1 Å². The van der Waals surface area contributed by atoms with Crippen LogP contribution in [0.25, 0.3) is 0 Å². The second kappa shape index (κ2) is 4.39. The predicted molar refractivity (Wildman–Crippen MR) is 72.1 cm³/mol. The molecule has 0 aromatic heterocycles. The summed E-state index contributed by atoms with van der Waals surface area (Å²) in [7, 11) is 0. The van der Waals surface area contributed by atoms with Crippen molar-refractivity contribution in [2.45, 2.75) is 32.2 Å². The molecule has 0 aliphatic heterocycles. The molecule has 96 valence electrons. The maximum Gasteiger partial charge on any atom is 0.229 e. The molecule has 18 heavy (non-hydrogen) atoms. The fraction of sp³-hybridized carbons (Fsp3) is 0.533. The van der Waals surface area contributed by atoms with Crippen LogP contribution in [0.3, 0.4) is 0 Å². The SMILES string of the molecule is Cc1ccccc1NC(=O)C1C2CCC(C2)C1N. The third-order valence-electron chi connectivity index (χ3n) is 4.69. The van der Waals surface area contributed by atoms with E-state index in [2.05, 4.69) is 5.32 Å². The van der Waals surface area contributed by atoms with Gasteiger partial charge in [-0.05, 0) is 49.7 Å². The number of hydrogen-bond donors (Lipinski definition) is 2. The molecule has 4 atom stereocenters. The molecule has 3 nitrogen and oxygen atoms in total. The monoisotopic (exact) mass is 244 g/mol. The summed E-state index contributed by atoms with van der Waals surface area (Å²) in [5, 5.41) is 3.05. The van der Waals surface area contributed by atoms with Crippen molar-refractivity contribution >= 4 is 11.6 Å². The van der Waals surface area contributed by atoms with E-state index in [-0.39, 0.29) is 17.9 Å². The number of carbonyl (C=O) groups excluding carboxylic acids is 1. The lowest BCUT2D eigenvalue weighted by Gasteiger charge is -2.27. The molecule has 0 radical (unpaired) electrons.